The van der Waals surface area contributed by atoms with Crippen molar-refractivity contribution in [3.63, 3.8) is 0 Å². The molecule has 0 fully saturated rings. The Morgan fingerprint density at radius 2 is 1.58 bits per heavy atom. The van der Waals surface area contributed by atoms with Crippen molar-refractivity contribution in [2.24, 2.45) is 5.73 Å². The molecule has 1 unspecified atom stereocenters. The first-order valence-electron chi connectivity index (χ1n) is 5.63. The molecule has 0 spiro atoms. The number of halogens is 4. The molecule has 0 aromatic heterocycles. The third-order valence-electron chi connectivity index (χ3n) is 2.84. The van der Waals surface area contributed by atoms with Crippen LogP contribution in [0.15, 0.2) is 36.4 Å². The second-order valence-electron chi connectivity index (χ2n) is 4.16. The summed E-state index contributed by atoms with van der Waals surface area (Å²) in [7, 11) is 0. The van der Waals surface area contributed by atoms with Gasteiger partial charge in [0.1, 0.15) is 17.5 Å². The molecule has 0 amide bonds. The van der Waals surface area contributed by atoms with Gasteiger partial charge in [-0.25, -0.2) is 13.2 Å². The van der Waals surface area contributed by atoms with Crippen molar-refractivity contribution in [2.75, 3.05) is 0 Å². The van der Waals surface area contributed by atoms with Crippen molar-refractivity contribution in [3.8, 4) is 0 Å². The smallest absolute Gasteiger partial charge is 0.145 e. The molecule has 2 N–H and O–H groups in total. The summed E-state index contributed by atoms with van der Waals surface area (Å²) in [6.07, 6.45) is -0.0375. The van der Waals surface area contributed by atoms with E-state index in [0.29, 0.717) is 0 Å². The third-order valence-corrected chi connectivity index (χ3v) is 3.13. The topological polar surface area (TPSA) is 26.0 Å². The van der Waals surface area contributed by atoms with Gasteiger partial charge in [0.15, 0.2) is 0 Å². The van der Waals surface area contributed by atoms with E-state index in [2.05, 4.69) is 0 Å². The fourth-order valence-electron chi connectivity index (χ4n) is 1.91. The summed E-state index contributed by atoms with van der Waals surface area (Å²) >= 11 is 5.64. The first-order chi connectivity index (χ1) is 9.00. The van der Waals surface area contributed by atoms with Crippen LogP contribution in [0.2, 0.25) is 5.02 Å². The lowest BCUT2D eigenvalue weighted by atomic mass is 9.98. The largest absolute Gasteiger partial charge is 0.323 e. The Labute approximate surface area is 113 Å². The molecule has 0 bridgehead atoms. The average Bonchev–Trinajstić information content (AvgIpc) is 2.35. The van der Waals surface area contributed by atoms with Gasteiger partial charge in [-0.05, 0) is 30.2 Å². The minimum Gasteiger partial charge on any atom is -0.323 e. The maximum atomic E-state index is 13.7. The van der Waals surface area contributed by atoms with Crippen LogP contribution in [0, 0.1) is 17.5 Å². The highest BCUT2D eigenvalue weighted by Crippen LogP contribution is 2.25. The maximum absolute atomic E-state index is 13.7. The van der Waals surface area contributed by atoms with E-state index in [0.717, 1.165) is 12.1 Å². The summed E-state index contributed by atoms with van der Waals surface area (Å²) in [6.45, 7) is 0. The molecule has 1 atom stereocenters. The van der Waals surface area contributed by atoms with Gasteiger partial charge in [-0.15, -0.1) is 0 Å². The number of rotatable bonds is 3. The Balaban J connectivity index is 2.31. The van der Waals surface area contributed by atoms with Crippen LogP contribution in [-0.2, 0) is 6.42 Å². The molecule has 0 aliphatic rings. The van der Waals surface area contributed by atoms with Gasteiger partial charge in [0, 0.05) is 11.6 Å². The molecule has 19 heavy (non-hydrogen) atoms. The van der Waals surface area contributed by atoms with Crippen molar-refractivity contribution < 1.29 is 13.2 Å². The highest BCUT2D eigenvalue weighted by Gasteiger charge is 2.18. The molecule has 2 aromatic carbocycles. The first kappa shape index (κ1) is 13.9. The minimum atomic E-state index is -0.978. The Morgan fingerprint density at radius 1 is 1.00 bits per heavy atom. The highest BCUT2D eigenvalue weighted by atomic mass is 35.5. The van der Waals surface area contributed by atoms with Crippen LogP contribution in [-0.4, -0.2) is 0 Å². The molecular weight excluding hydrogens is 275 g/mol. The van der Waals surface area contributed by atoms with E-state index >= 15 is 0 Å². The van der Waals surface area contributed by atoms with Crippen LogP contribution in [0.5, 0.6) is 0 Å². The predicted octanol–water partition coefficient (Wildman–Crippen LogP) is 4.00. The SMILES string of the molecule is NC(Cc1cccc(Cl)c1F)c1c(F)cccc1F. The lowest BCUT2D eigenvalue weighted by Crippen LogP contribution is -2.17. The van der Waals surface area contributed by atoms with E-state index in [4.69, 9.17) is 17.3 Å². The molecule has 1 nitrogen and oxygen atoms in total. The van der Waals surface area contributed by atoms with Crippen molar-refractivity contribution >= 4 is 11.6 Å². The van der Waals surface area contributed by atoms with Crippen LogP contribution in [0.4, 0.5) is 13.2 Å². The molecular formula is C14H11ClF3N. The monoisotopic (exact) mass is 285 g/mol. The van der Waals surface area contributed by atoms with Crippen molar-refractivity contribution in [2.45, 2.75) is 12.5 Å². The summed E-state index contributed by atoms with van der Waals surface area (Å²) in [5.41, 5.74) is 5.73. The zero-order chi connectivity index (χ0) is 14.0. The second-order valence-corrected chi connectivity index (χ2v) is 4.57. The molecule has 2 rings (SSSR count). The molecule has 0 heterocycles. The van der Waals surface area contributed by atoms with Crippen LogP contribution in [0.1, 0.15) is 17.2 Å². The normalized spacial score (nSPS) is 12.5. The van der Waals surface area contributed by atoms with E-state index in [1.165, 1.54) is 18.2 Å². The summed E-state index contributed by atoms with van der Waals surface area (Å²) in [4.78, 5) is 0. The molecule has 0 aliphatic carbocycles. The molecule has 0 radical (unpaired) electrons. The van der Waals surface area contributed by atoms with Gasteiger partial charge in [-0.1, -0.05) is 29.8 Å². The molecule has 0 saturated carbocycles. The number of nitrogens with two attached hydrogens (primary N) is 1. The molecule has 100 valence electrons. The van der Waals surface area contributed by atoms with E-state index < -0.39 is 23.5 Å². The van der Waals surface area contributed by atoms with Gasteiger partial charge < -0.3 is 5.73 Å². The van der Waals surface area contributed by atoms with Crippen LogP contribution in [0.3, 0.4) is 0 Å². The van der Waals surface area contributed by atoms with Gasteiger partial charge >= 0.3 is 0 Å². The fourth-order valence-corrected chi connectivity index (χ4v) is 2.10. The van der Waals surface area contributed by atoms with E-state index in [1.807, 2.05) is 0 Å². The maximum Gasteiger partial charge on any atom is 0.145 e. The molecule has 0 aliphatic heterocycles. The summed E-state index contributed by atoms with van der Waals surface area (Å²) in [5.74, 6) is -2.10. The second kappa shape index (κ2) is 5.63. The zero-order valence-electron chi connectivity index (χ0n) is 9.84. The van der Waals surface area contributed by atoms with E-state index in [9.17, 15) is 13.2 Å². The first-order valence-corrected chi connectivity index (χ1v) is 6.01. The van der Waals surface area contributed by atoms with Crippen molar-refractivity contribution in [1.82, 2.24) is 0 Å². The van der Waals surface area contributed by atoms with Crippen molar-refractivity contribution in [1.29, 1.82) is 0 Å². The van der Waals surface area contributed by atoms with Gasteiger partial charge in [-0.2, -0.15) is 0 Å². The lowest BCUT2D eigenvalue weighted by Gasteiger charge is -2.14. The van der Waals surface area contributed by atoms with Crippen LogP contribution >= 0.6 is 11.6 Å². The van der Waals surface area contributed by atoms with Crippen LogP contribution < -0.4 is 5.73 Å². The zero-order valence-corrected chi connectivity index (χ0v) is 10.6. The predicted molar refractivity (Wildman–Crippen MR) is 68.4 cm³/mol. The summed E-state index contributed by atoms with van der Waals surface area (Å²) in [6, 6.07) is 6.95. The van der Waals surface area contributed by atoms with Gasteiger partial charge in [0.05, 0.1) is 5.02 Å². The number of hydrogen-bond acceptors (Lipinski definition) is 1. The third kappa shape index (κ3) is 2.91. The van der Waals surface area contributed by atoms with Crippen LogP contribution in [0.25, 0.3) is 0 Å². The Morgan fingerprint density at radius 3 is 2.21 bits per heavy atom. The Kier molecular flexibility index (Phi) is 4.12. The van der Waals surface area contributed by atoms with Crippen molar-refractivity contribution in [3.05, 3.63) is 70.0 Å². The Bertz CT molecular complexity index is 581. The minimum absolute atomic E-state index is 0.0375. The van der Waals surface area contributed by atoms with E-state index in [1.54, 1.807) is 6.07 Å². The number of hydrogen-bond donors (Lipinski definition) is 1. The van der Waals surface area contributed by atoms with Gasteiger partial charge in [0.2, 0.25) is 0 Å². The summed E-state index contributed by atoms with van der Waals surface area (Å²) < 4.78 is 40.8. The lowest BCUT2D eigenvalue weighted by molar-refractivity contribution is 0.518. The van der Waals surface area contributed by atoms with Gasteiger partial charge in [0.25, 0.3) is 0 Å². The molecule has 5 heteroatoms. The quantitative estimate of drug-likeness (QED) is 0.906. The fraction of sp³-hybridized carbons (Fsp3) is 0.143. The molecule has 2 aromatic rings. The molecule has 0 saturated heterocycles. The van der Waals surface area contributed by atoms with Gasteiger partial charge in [-0.3, -0.25) is 0 Å². The summed E-state index contributed by atoms with van der Waals surface area (Å²) in [5, 5.41) is -0.0429. The highest BCUT2D eigenvalue weighted by molar-refractivity contribution is 6.30. The number of benzene rings is 2. The standard InChI is InChI=1S/C14H11ClF3N/c15-9-4-1-3-8(14(9)18)7-12(19)13-10(16)5-2-6-11(13)17/h1-6,12H,7,19H2. The van der Waals surface area contributed by atoms with E-state index in [-0.39, 0.29) is 22.6 Å². The average molecular weight is 286 g/mol. The Hall–Kier alpha value is -1.52.